The highest BCUT2D eigenvalue weighted by Crippen LogP contribution is 2.38. The second-order valence-corrected chi connectivity index (χ2v) is 9.02. The number of aryl methyl sites for hydroxylation is 4. The Morgan fingerprint density at radius 2 is 0.816 bits per heavy atom. The SMILES string of the molecule is COc1cc(-c2ccc(CCc3cc(O)c(O)c(O)c3)c(OC)c2)ccc1CCc1cc(O)c(O)c(O)c1. The quantitative estimate of drug-likeness (QED) is 0.167. The Hall–Kier alpha value is -4.72. The van der Waals surface area contributed by atoms with Crippen LogP contribution in [0.4, 0.5) is 0 Å². The Morgan fingerprint density at radius 1 is 0.474 bits per heavy atom. The van der Waals surface area contributed by atoms with Gasteiger partial charge >= 0.3 is 0 Å². The maximum absolute atomic E-state index is 9.75. The predicted octanol–water partition coefficient (Wildman–Crippen LogP) is 5.17. The van der Waals surface area contributed by atoms with Crippen LogP contribution in [0.3, 0.4) is 0 Å². The third-order valence-corrected chi connectivity index (χ3v) is 6.53. The van der Waals surface area contributed by atoms with Gasteiger partial charge in [0.15, 0.2) is 34.5 Å². The molecule has 8 heteroatoms. The Morgan fingerprint density at radius 3 is 1.13 bits per heavy atom. The average molecular weight is 519 g/mol. The first-order chi connectivity index (χ1) is 18.2. The van der Waals surface area contributed by atoms with E-state index in [1.54, 1.807) is 14.2 Å². The first-order valence-corrected chi connectivity index (χ1v) is 12.0. The van der Waals surface area contributed by atoms with Gasteiger partial charge in [0.1, 0.15) is 11.5 Å². The minimum Gasteiger partial charge on any atom is -0.504 e. The highest BCUT2D eigenvalue weighted by molar-refractivity contribution is 5.68. The van der Waals surface area contributed by atoms with E-state index < -0.39 is 11.5 Å². The topological polar surface area (TPSA) is 140 Å². The zero-order valence-electron chi connectivity index (χ0n) is 21.1. The third kappa shape index (κ3) is 5.64. The largest absolute Gasteiger partial charge is 0.504 e. The molecule has 198 valence electrons. The number of methoxy groups -OCH3 is 2. The van der Waals surface area contributed by atoms with Crippen molar-refractivity contribution in [2.45, 2.75) is 25.7 Å². The van der Waals surface area contributed by atoms with Crippen LogP contribution in [0.5, 0.6) is 46.0 Å². The van der Waals surface area contributed by atoms with Crippen LogP contribution in [0, 0.1) is 0 Å². The van der Waals surface area contributed by atoms with Gasteiger partial charge in [-0.05, 0) is 95.5 Å². The summed E-state index contributed by atoms with van der Waals surface area (Å²) in [6.07, 6.45) is 2.24. The molecule has 4 aromatic carbocycles. The van der Waals surface area contributed by atoms with Crippen molar-refractivity contribution in [1.29, 1.82) is 0 Å². The van der Waals surface area contributed by atoms with E-state index in [0.29, 0.717) is 48.3 Å². The van der Waals surface area contributed by atoms with Crippen molar-refractivity contribution >= 4 is 0 Å². The van der Waals surface area contributed by atoms with Gasteiger partial charge in [-0.3, -0.25) is 0 Å². The Balaban J connectivity index is 1.50. The number of ether oxygens (including phenoxy) is 2. The van der Waals surface area contributed by atoms with Crippen molar-refractivity contribution in [1.82, 2.24) is 0 Å². The van der Waals surface area contributed by atoms with E-state index in [9.17, 15) is 30.6 Å². The first kappa shape index (κ1) is 26.3. The molecule has 4 rings (SSSR count). The number of benzene rings is 4. The molecule has 0 saturated carbocycles. The second kappa shape index (κ2) is 11.1. The Bertz CT molecular complexity index is 1300. The molecule has 0 saturated heterocycles. The van der Waals surface area contributed by atoms with E-state index >= 15 is 0 Å². The van der Waals surface area contributed by atoms with Gasteiger partial charge in [-0.2, -0.15) is 0 Å². The molecule has 8 nitrogen and oxygen atoms in total. The number of phenolic OH excluding ortho intramolecular Hbond substituents is 6. The molecule has 0 atom stereocenters. The molecule has 0 spiro atoms. The van der Waals surface area contributed by atoms with E-state index in [1.165, 1.54) is 24.3 Å². The number of phenols is 6. The predicted molar refractivity (Wildman–Crippen MR) is 143 cm³/mol. The summed E-state index contributed by atoms with van der Waals surface area (Å²) in [7, 11) is 3.20. The summed E-state index contributed by atoms with van der Waals surface area (Å²) in [6, 6.07) is 17.5. The molecule has 0 aliphatic heterocycles. The lowest BCUT2D eigenvalue weighted by atomic mass is 9.96. The molecule has 0 aromatic heterocycles. The van der Waals surface area contributed by atoms with Crippen LogP contribution in [0.15, 0.2) is 60.7 Å². The number of hydrogen-bond donors (Lipinski definition) is 6. The molecule has 0 fully saturated rings. The summed E-state index contributed by atoms with van der Waals surface area (Å²) in [5.41, 5.74) is 5.14. The molecule has 0 radical (unpaired) electrons. The second-order valence-electron chi connectivity index (χ2n) is 9.02. The fourth-order valence-electron chi connectivity index (χ4n) is 4.43. The lowest BCUT2D eigenvalue weighted by Gasteiger charge is -2.14. The van der Waals surface area contributed by atoms with E-state index in [1.807, 2.05) is 36.4 Å². The normalized spacial score (nSPS) is 10.9. The minimum absolute atomic E-state index is 0.362. The average Bonchev–Trinajstić information content (AvgIpc) is 2.91. The monoisotopic (exact) mass is 518 g/mol. The van der Waals surface area contributed by atoms with Gasteiger partial charge in [-0.25, -0.2) is 0 Å². The maximum Gasteiger partial charge on any atom is 0.200 e. The molecular weight excluding hydrogens is 488 g/mol. The van der Waals surface area contributed by atoms with Crippen molar-refractivity contribution in [3.63, 3.8) is 0 Å². The molecular formula is C30H30O8. The summed E-state index contributed by atoms with van der Waals surface area (Å²) >= 11 is 0. The van der Waals surface area contributed by atoms with Crippen LogP contribution in [-0.4, -0.2) is 44.9 Å². The summed E-state index contributed by atoms with van der Waals surface area (Å²) in [5, 5.41) is 58.1. The molecule has 6 N–H and O–H groups in total. The summed E-state index contributed by atoms with van der Waals surface area (Å²) in [5.74, 6) is -1.11. The van der Waals surface area contributed by atoms with Gasteiger partial charge in [0.05, 0.1) is 14.2 Å². The van der Waals surface area contributed by atoms with Crippen LogP contribution in [0.1, 0.15) is 22.3 Å². The third-order valence-electron chi connectivity index (χ3n) is 6.53. The summed E-state index contributed by atoms with van der Waals surface area (Å²) in [6.45, 7) is 0. The van der Waals surface area contributed by atoms with Gasteiger partial charge < -0.3 is 40.1 Å². The Labute approximate surface area is 220 Å². The number of aromatic hydroxyl groups is 6. The molecule has 0 heterocycles. The zero-order valence-corrected chi connectivity index (χ0v) is 21.1. The molecule has 0 amide bonds. The molecule has 4 aromatic rings. The van der Waals surface area contributed by atoms with Crippen LogP contribution in [0.25, 0.3) is 11.1 Å². The van der Waals surface area contributed by atoms with E-state index in [0.717, 1.165) is 22.3 Å². The number of rotatable bonds is 9. The molecule has 0 unspecified atom stereocenters. The van der Waals surface area contributed by atoms with Crippen molar-refractivity contribution in [2.75, 3.05) is 14.2 Å². The van der Waals surface area contributed by atoms with Crippen molar-refractivity contribution in [3.05, 3.63) is 82.9 Å². The van der Waals surface area contributed by atoms with Crippen LogP contribution >= 0.6 is 0 Å². The van der Waals surface area contributed by atoms with E-state index in [4.69, 9.17) is 9.47 Å². The highest BCUT2D eigenvalue weighted by Gasteiger charge is 2.13. The van der Waals surface area contributed by atoms with Gasteiger partial charge in [0.25, 0.3) is 0 Å². The smallest absolute Gasteiger partial charge is 0.200 e. The lowest BCUT2D eigenvalue weighted by Crippen LogP contribution is -1.98. The van der Waals surface area contributed by atoms with Crippen LogP contribution in [0.2, 0.25) is 0 Å². The number of hydrogen-bond acceptors (Lipinski definition) is 8. The van der Waals surface area contributed by atoms with E-state index in [2.05, 4.69) is 0 Å². The van der Waals surface area contributed by atoms with Crippen LogP contribution in [-0.2, 0) is 25.7 Å². The van der Waals surface area contributed by atoms with Gasteiger partial charge in [0.2, 0.25) is 0 Å². The molecule has 0 aliphatic rings. The highest BCUT2D eigenvalue weighted by atomic mass is 16.5. The minimum atomic E-state index is -0.531. The molecule has 38 heavy (non-hydrogen) atoms. The van der Waals surface area contributed by atoms with Crippen molar-refractivity contribution in [2.24, 2.45) is 0 Å². The molecule has 0 bridgehead atoms. The van der Waals surface area contributed by atoms with Crippen molar-refractivity contribution < 1.29 is 40.1 Å². The standard InChI is InChI=1S/C30H30O8/c1-37-27-15-21(9-7-19(27)5-3-17-11-23(31)29(35)24(32)12-17)22-10-8-20(28(16-22)38-2)6-4-18-13-25(33)30(36)26(34)14-18/h7-16,31-36H,3-6H2,1-2H3. The van der Waals surface area contributed by atoms with Crippen LogP contribution < -0.4 is 9.47 Å². The van der Waals surface area contributed by atoms with Gasteiger partial charge in [-0.15, -0.1) is 0 Å². The Kier molecular flexibility index (Phi) is 7.71. The van der Waals surface area contributed by atoms with Crippen molar-refractivity contribution in [3.8, 4) is 57.1 Å². The lowest BCUT2D eigenvalue weighted by molar-refractivity contribution is 0.367. The van der Waals surface area contributed by atoms with Gasteiger partial charge in [-0.1, -0.05) is 24.3 Å². The fraction of sp³-hybridized carbons (Fsp3) is 0.200. The summed E-state index contributed by atoms with van der Waals surface area (Å²) in [4.78, 5) is 0. The van der Waals surface area contributed by atoms with E-state index in [-0.39, 0.29) is 23.0 Å². The first-order valence-electron chi connectivity index (χ1n) is 12.0. The zero-order chi connectivity index (χ0) is 27.4. The van der Waals surface area contributed by atoms with Gasteiger partial charge in [0, 0.05) is 0 Å². The molecule has 0 aliphatic carbocycles. The summed E-state index contributed by atoms with van der Waals surface area (Å²) < 4.78 is 11.3. The fourth-order valence-corrected chi connectivity index (χ4v) is 4.43. The maximum atomic E-state index is 9.75.